The van der Waals surface area contributed by atoms with E-state index in [0.29, 0.717) is 24.5 Å². The third-order valence-corrected chi connectivity index (χ3v) is 7.44. The number of halogens is 2. The summed E-state index contributed by atoms with van der Waals surface area (Å²) in [4.78, 5) is 26.7. The molecule has 9 nitrogen and oxygen atoms in total. The zero-order valence-electron chi connectivity index (χ0n) is 20.3. The minimum absolute atomic E-state index is 0.00379. The van der Waals surface area contributed by atoms with Gasteiger partial charge in [0.15, 0.2) is 5.60 Å². The van der Waals surface area contributed by atoms with Gasteiger partial charge in [0.1, 0.15) is 29.3 Å². The van der Waals surface area contributed by atoms with Crippen LogP contribution in [0.2, 0.25) is 0 Å². The van der Waals surface area contributed by atoms with Gasteiger partial charge in [-0.2, -0.15) is 10.2 Å². The summed E-state index contributed by atoms with van der Waals surface area (Å²) in [7, 11) is 0. The summed E-state index contributed by atoms with van der Waals surface area (Å²) in [5, 5.41) is 17.2. The predicted molar refractivity (Wildman–Crippen MR) is 129 cm³/mol. The molecular formula is C26H26F2N6O3. The van der Waals surface area contributed by atoms with Gasteiger partial charge < -0.3 is 10.1 Å². The van der Waals surface area contributed by atoms with Gasteiger partial charge in [0.25, 0.3) is 0 Å². The van der Waals surface area contributed by atoms with Crippen LogP contribution in [0, 0.1) is 35.8 Å². The molecule has 2 unspecified atom stereocenters. The molecule has 37 heavy (non-hydrogen) atoms. The number of nitrogens with zero attached hydrogens (tertiary/aromatic N) is 3. The number of hydrogen-bond acceptors (Lipinski definition) is 6. The molecule has 2 aliphatic carbocycles. The zero-order valence-corrected chi connectivity index (χ0v) is 20.3. The van der Waals surface area contributed by atoms with Gasteiger partial charge in [0.2, 0.25) is 5.91 Å². The van der Waals surface area contributed by atoms with Crippen molar-refractivity contribution < 1.29 is 18.3 Å². The molecule has 3 N–H and O–H groups in total. The molecule has 5 rings (SSSR count). The van der Waals surface area contributed by atoms with E-state index in [4.69, 9.17) is 11.2 Å². The van der Waals surface area contributed by atoms with E-state index in [9.17, 15) is 18.4 Å². The number of rotatable bonds is 7. The molecule has 2 heterocycles. The van der Waals surface area contributed by atoms with Crippen molar-refractivity contribution >= 4 is 5.91 Å². The Kier molecular flexibility index (Phi) is 6.37. The Morgan fingerprint density at radius 2 is 2.11 bits per heavy atom. The summed E-state index contributed by atoms with van der Waals surface area (Å²) in [6.45, 7) is 3.91. The number of fused-ring (bicyclic) bond motifs is 3. The molecule has 3 aromatic rings. The number of amides is 1. The standard InChI is InChI=1S/C26H26F2N6O3/c1-4-20(24(35)29-12-21-30-25(36)34-32-21)37-26(5-2)11-16-13(3)9-14(16)15-10-19(31-33-23(15)26)22-17(27)7-6-8-18(22)28/h2,6-8,10,13-14,16,20H,4,9,11-12H2,1,3H3,(H,29,35)(H2,30,32,34,36)/t13?,14-,16?,20-,26+/m1/s1. The smallest absolute Gasteiger partial charge is 0.340 e. The second-order valence-electron chi connectivity index (χ2n) is 9.65. The van der Waals surface area contributed by atoms with Crippen molar-refractivity contribution in [3.05, 3.63) is 63.5 Å². The van der Waals surface area contributed by atoms with E-state index >= 15 is 0 Å². The number of aromatic amines is 2. The van der Waals surface area contributed by atoms with Gasteiger partial charge >= 0.3 is 5.69 Å². The van der Waals surface area contributed by atoms with Gasteiger partial charge in [0.05, 0.1) is 17.8 Å². The molecule has 1 saturated carbocycles. The van der Waals surface area contributed by atoms with Crippen molar-refractivity contribution in [2.45, 2.75) is 57.3 Å². The molecule has 1 aromatic carbocycles. The molecule has 0 aliphatic heterocycles. The Morgan fingerprint density at radius 3 is 2.73 bits per heavy atom. The summed E-state index contributed by atoms with van der Waals surface area (Å²) in [5.74, 6) is 1.72. The first-order valence-electron chi connectivity index (χ1n) is 12.2. The van der Waals surface area contributed by atoms with Gasteiger partial charge in [-0.25, -0.2) is 18.7 Å². The fourth-order valence-corrected chi connectivity index (χ4v) is 5.45. The summed E-state index contributed by atoms with van der Waals surface area (Å²) >= 11 is 0. The zero-order chi connectivity index (χ0) is 26.3. The second kappa shape index (κ2) is 9.52. The minimum Gasteiger partial charge on any atom is -0.347 e. The number of ether oxygens (including phenoxy) is 1. The number of benzene rings is 1. The lowest BCUT2D eigenvalue weighted by Crippen LogP contribution is -2.50. The summed E-state index contributed by atoms with van der Waals surface area (Å²) in [5.41, 5.74) is -0.853. The Balaban J connectivity index is 1.48. The second-order valence-corrected chi connectivity index (χ2v) is 9.65. The van der Waals surface area contributed by atoms with Crippen LogP contribution in [0.25, 0.3) is 11.3 Å². The van der Waals surface area contributed by atoms with Crippen LogP contribution in [0.4, 0.5) is 8.78 Å². The first kappa shape index (κ1) is 24.8. The number of aromatic nitrogens is 5. The van der Waals surface area contributed by atoms with Crippen LogP contribution in [0.5, 0.6) is 0 Å². The number of H-pyrrole nitrogens is 2. The van der Waals surface area contributed by atoms with E-state index in [2.05, 4.69) is 43.5 Å². The maximum Gasteiger partial charge on any atom is 0.340 e. The molecule has 11 heteroatoms. The molecule has 0 spiro atoms. The number of terminal acetylenes is 1. The van der Waals surface area contributed by atoms with Gasteiger partial charge in [-0.05, 0) is 60.8 Å². The largest absolute Gasteiger partial charge is 0.347 e. The third-order valence-electron chi connectivity index (χ3n) is 7.44. The number of hydrogen-bond donors (Lipinski definition) is 3. The fourth-order valence-electron chi connectivity index (χ4n) is 5.45. The Hall–Kier alpha value is -3.91. The first-order chi connectivity index (χ1) is 17.8. The van der Waals surface area contributed by atoms with E-state index < -0.39 is 34.9 Å². The van der Waals surface area contributed by atoms with Crippen LogP contribution in [-0.2, 0) is 21.7 Å². The molecule has 0 saturated heterocycles. The van der Waals surface area contributed by atoms with Crippen LogP contribution in [0.1, 0.15) is 56.1 Å². The van der Waals surface area contributed by atoms with Crippen LogP contribution < -0.4 is 11.0 Å². The highest BCUT2D eigenvalue weighted by Gasteiger charge is 2.54. The Labute approximate surface area is 211 Å². The maximum atomic E-state index is 14.5. The third kappa shape index (κ3) is 4.31. The highest BCUT2D eigenvalue weighted by Crippen LogP contribution is 2.58. The molecule has 2 aliphatic rings. The first-order valence-corrected chi connectivity index (χ1v) is 12.2. The summed E-state index contributed by atoms with van der Waals surface area (Å²) < 4.78 is 35.4. The van der Waals surface area contributed by atoms with Crippen molar-refractivity contribution in [1.82, 2.24) is 30.7 Å². The summed E-state index contributed by atoms with van der Waals surface area (Å²) in [6, 6.07) is 5.29. The van der Waals surface area contributed by atoms with Gasteiger partial charge in [-0.3, -0.25) is 9.78 Å². The van der Waals surface area contributed by atoms with Crippen molar-refractivity contribution in [2.24, 2.45) is 11.8 Å². The van der Waals surface area contributed by atoms with E-state index in [-0.39, 0.29) is 35.5 Å². The van der Waals surface area contributed by atoms with Crippen molar-refractivity contribution in [2.75, 3.05) is 0 Å². The molecule has 1 fully saturated rings. The van der Waals surface area contributed by atoms with E-state index in [0.717, 1.165) is 12.0 Å². The van der Waals surface area contributed by atoms with Crippen molar-refractivity contribution in [3.8, 4) is 23.6 Å². The van der Waals surface area contributed by atoms with Crippen LogP contribution >= 0.6 is 0 Å². The number of carbonyl (C=O) groups excluding carboxylic acids is 1. The summed E-state index contributed by atoms with van der Waals surface area (Å²) in [6.07, 6.45) is 6.77. The van der Waals surface area contributed by atoms with Gasteiger partial charge in [0, 0.05) is 0 Å². The fraction of sp³-hybridized carbons (Fsp3) is 0.423. The Morgan fingerprint density at radius 1 is 1.35 bits per heavy atom. The quantitative estimate of drug-likeness (QED) is 0.422. The van der Waals surface area contributed by atoms with Gasteiger partial charge in [-0.1, -0.05) is 25.8 Å². The molecule has 0 radical (unpaired) electrons. The van der Waals surface area contributed by atoms with Crippen LogP contribution in [-0.4, -0.2) is 37.4 Å². The Bertz CT molecular complexity index is 1430. The molecular weight excluding hydrogens is 482 g/mol. The van der Waals surface area contributed by atoms with E-state index in [1.54, 1.807) is 13.0 Å². The molecule has 1 amide bonds. The molecule has 2 aromatic heterocycles. The SMILES string of the molecule is C#C[C@]1(O[C@H](CC)C(=O)NCc2n[nH]c(=O)[nH]2)CC2C(C)C[C@@H]2c2cc(-c3c(F)cccc3F)nnc21. The lowest BCUT2D eigenvalue weighted by molar-refractivity contribution is -0.149. The lowest BCUT2D eigenvalue weighted by Gasteiger charge is -2.52. The minimum atomic E-state index is -1.34. The molecule has 192 valence electrons. The van der Waals surface area contributed by atoms with Crippen LogP contribution in [0.15, 0.2) is 29.1 Å². The van der Waals surface area contributed by atoms with E-state index in [1.807, 2.05) is 0 Å². The monoisotopic (exact) mass is 508 g/mol. The lowest BCUT2D eigenvalue weighted by atomic mass is 9.55. The number of nitrogens with one attached hydrogen (secondary N) is 3. The van der Waals surface area contributed by atoms with Gasteiger partial charge in [-0.15, -0.1) is 11.5 Å². The van der Waals surface area contributed by atoms with E-state index in [1.165, 1.54) is 18.2 Å². The van der Waals surface area contributed by atoms with Crippen molar-refractivity contribution in [3.63, 3.8) is 0 Å². The molecule has 0 bridgehead atoms. The number of carbonyl (C=O) groups is 1. The molecule has 5 atom stereocenters. The average Bonchev–Trinajstić information content (AvgIpc) is 3.31. The maximum absolute atomic E-state index is 14.5. The topological polar surface area (TPSA) is 126 Å². The van der Waals surface area contributed by atoms with Crippen LogP contribution in [0.3, 0.4) is 0 Å². The van der Waals surface area contributed by atoms with Crippen molar-refractivity contribution in [1.29, 1.82) is 0 Å². The highest BCUT2D eigenvalue weighted by molar-refractivity contribution is 5.80. The normalized spacial score (nSPS) is 24.8. The predicted octanol–water partition coefficient (Wildman–Crippen LogP) is 2.92. The highest BCUT2D eigenvalue weighted by atomic mass is 19.1. The average molecular weight is 509 g/mol.